The third kappa shape index (κ3) is 4.10. The number of amides is 1. The van der Waals surface area contributed by atoms with Gasteiger partial charge < -0.3 is 15.1 Å². The van der Waals surface area contributed by atoms with Crippen LogP contribution in [0.2, 0.25) is 0 Å². The van der Waals surface area contributed by atoms with Gasteiger partial charge in [0.15, 0.2) is 0 Å². The maximum absolute atomic E-state index is 11.9. The van der Waals surface area contributed by atoms with Crippen molar-refractivity contribution >= 4 is 5.91 Å². The smallest absolute Gasteiger partial charge is 0.222 e. The first-order valence-corrected chi connectivity index (χ1v) is 6.30. The van der Waals surface area contributed by atoms with Crippen molar-refractivity contribution in [2.45, 2.75) is 51.0 Å². The lowest BCUT2D eigenvalue weighted by molar-refractivity contribution is -0.134. The lowest BCUT2D eigenvalue weighted by Gasteiger charge is -2.28. The Kier molecular flexibility index (Phi) is 6.42. The number of rotatable bonds is 7. The molecule has 1 aliphatic rings. The number of carbonyl (C=O) groups excluding carboxylic acids is 1. The van der Waals surface area contributed by atoms with E-state index in [2.05, 4.69) is 0 Å². The molecule has 94 valence electrons. The van der Waals surface area contributed by atoms with Crippen molar-refractivity contribution < 1.29 is 15.0 Å². The molecule has 1 amide bonds. The lowest BCUT2D eigenvalue weighted by Crippen LogP contribution is -2.40. The molecule has 0 aliphatic heterocycles. The molecule has 0 aromatic rings. The zero-order chi connectivity index (χ0) is 11.8. The van der Waals surface area contributed by atoms with Crippen LogP contribution in [-0.4, -0.2) is 46.8 Å². The lowest BCUT2D eigenvalue weighted by atomic mass is 10.1. The first kappa shape index (κ1) is 13.5. The van der Waals surface area contributed by atoms with Crippen molar-refractivity contribution in [3.8, 4) is 0 Å². The molecule has 0 radical (unpaired) electrons. The second-order valence-corrected chi connectivity index (χ2v) is 4.43. The van der Waals surface area contributed by atoms with Gasteiger partial charge >= 0.3 is 0 Å². The van der Waals surface area contributed by atoms with Gasteiger partial charge in [0, 0.05) is 25.6 Å². The summed E-state index contributed by atoms with van der Waals surface area (Å²) >= 11 is 0. The van der Waals surface area contributed by atoms with Gasteiger partial charge in [0.05, 0.1) is 6.61 Å². The van der Waals surface area contributed by atoms with Crippen LogP contribution in [0.15, 0.2) is 0 Å². The molecule has 4 heteroatoms. The highest BCUT2D eigenvalue weighted by molar-refractivity contribution is 5.76. The van der Waals surface area contributed by atoms with Gasteiger partial charge in [0.25, 0.3) is 0 Å². The number of unbranched alkanes of at least 4 members (excludes halogenated alkanes) is 1. The number of carbonyl (C=O) groups is 1. The van der Waals surface area contributed by atoms with E-state index in [0.717, 1.165) is 19.3 Å². The predicted octanol–water partition coefficient (Wildman–Crippen LogP) is 0.912. The van der Waals surface area contributed by atoms with E-state index >= 15 is 0 Å². The Morgan fingerprint density at radius 2 is 1.81 bits per heavy atom. The summed E-state index contributed by atoms with van der Waals surface area (Å²) < 4.78 is 0. The van der Waals surface area contributed by atoms with E-state index in [-0.39, 0.29) is 19.1 Å². The summed E-state index contributed by atoms with van der Waals surface area (Å²) in [6, 6.07) is 0.341. The fraction of sp³-hybridized carbons (Fsp3) is 0.917. The van der Waals surface area contributed by atoms with Crippen LogP contribution in [0.5, 0.6) is 0 Å². The average molecular weight is 229 g/mol. The number of hydrogen-bond donors (Lipinski definition) is 2. The van der Waals surface area contributed by atoms with E-state index < -0.39 is 0 Å². The molecule has 2 N–H and O–H groups in total. The monoisotopic (exact) mass is 229 g/mol. The maximum Gasteiger partial charge on any atom is 0.222 e. The highest BCUT2D eigenvalue weighted by Gasteiger charge is 2.25. The van der Waals surface area contributed by atoms with Crippen LogP contribution in [0, 0.1) is 0 Å². The van der Waals surface area contributed by atoms with Gasteiger partial charge in [-0.15, -0.1) is 0 Å². The topological polar surface area (TPSA) is 60.8 Å². The summed E-state index contributed by atoms with van der Waals surface area (Å²) in [5, 5.41) is 17.7. The number of aliphatic hydroxyl groups excluding tert-OH is 2. The Morgan fingerprint density at radius 1 is 1.12 bits per heavy atom. The van der Waals surface area contributed by atoms with Gasteiger partial charge in [-0.2, -0.15) is 0 Å². The zero-order valence-electron chi connectivity index (χ0n) is 9.90. The Morgan fingerprint density at radius 3 is 2.38 bits per heavy atom. The normalized spacial score (nSPS) is 16.6. The van der Waals surface area contributed by atoms with Crippen molar-refractivity contribution in [1.29, 1.82) is 0 Å². The minimum Gasteiger partial charge on any atom is -0.396 e. The van der Waals surface area contributed by atoms with Crippen molar-refractivity contribution in [1.82, 2.24) is 4.90 Å². The standard InChI is InChI=1S/C12H23NO3/c14-9-4-3-7-12(16)13(8-10-15)11-5-1-2-6-11/h11,14-15H,1-10H2. The van der Waals surface area contributed by atoms with Crippen LogP contribution < -0.4 is 0 Å². The van der Waals surface area contributed by atoms with Crippen LogP contribution in [0.1, 0.15) is 44.9 Å². The second kappa shape index (κ2) is 7.63. The van der Waals surface area contributed by atoms with Gasteiger partial charge in [-0.1, -0.05) is 12.8 Å². The highest BCUT2D eigenvalue weighted by atomic mass is 16.3. The Bertz CT molecular complexity index is 202. The SMILES string of the molecule is O=C(CCCCO)N(CCO)C1CCCC1. The summed E-state index contributed by atoms with van der Waals surface area (Å²) in [6.45, 7) is 0.654. The molecule has 1 rings (SSSR count). The molecule has 0 unspecified atom stereocenters. The zero-order valence-corrected chi connectivity index (χ0v) is 9.90. The third-order valence-corrected chi connectivity index (χ3v) is 3.23. The molecule has 0 aromatic heterocycles. The summed E-state index contributed by atoms with van der Waals surface area (Å²) in [5.74, 6) is 0.134. The average Bonchev–Trinajstić information content (AvgIpc) is 2.79. The largest absolute Gasteiger partial charge is 0.396 e. The summed E-state index contributed by atoms with van der Waals surface area (Å²) in [7, 11) is 0. The van der Waals surface area contributed by atoms with Crippen LogP contribution in [-0.2, 0) is 4.79 Å². The van der Waals surface area contributed by atoms with Crippen LogP contribution in [0.4, 0.5) is 0 Å². The number of aliphatic hydroxyl groups is 2. The molecule has 0 aromatic carbocycles. The van der Waals surface area contributed by atoms with Crippen molar-refractivity contribution in [3.05, 3.63) is 0 Å². The van der Waals surface area contributed by atoms with Gasteiger partial charge in [-0.05, 0) is 25.7 Å². The number of nitrogens with zero attached hydrogens (tertiary/aromatic N) is 1. The maximum atomic E-state index is 11.9. The first-order chi connectivity index (χ1) is 7.79. The van der Waals surface area contributed by atoms with E-state index in [9.17, 15) is 4.79 Å². The molecule has 1 saturated carbocycles. The Labute approximate surface area is 97.3 Å². The van der Waals surface area contributed by atoms with Gasteiger partial charge in [-0.25, -0.2) is 0 Å². The molecule has 16 heavy (non-hydrogen) atoms. The third-order valence-electron chi connectivity index (χ3n) is 3.23. The van der Waals surface area contributed by atoms with Gasteiger partial charge in [0.1, 0.15) is 0 Å². The Hall–Kier alpha value is -0.610. The minimum absolute atomic E-state index is 0.0439. The van der Waals surface area contributed by atoms with Crippen LogP contribution in [0.3, 0.4) is 0 Å². The van der Waals surface area contributed by atoms with Crippen LogP contribution >= 0.6 is 0 Å². The van der Waals surface area contributed by atoms with E-state index in [1.807, 2.05) is 4.90 Å². The summed E-state index contributed by atoms with van der Waals surface area (Å²) in [6.07, 6.45) is 6.45. The fourth-order valence-corrected chi connectivity index (χ4v) is 2.37. The minimum atomic E-state index is 0.0439. The van der Waals surface area contributed by atoms with Gasteiger partial charge in [-0.3, -0.25) is 4.79 Å². The van der Waals surface area contributed by atoms with E-state index in [1.165, 1.54) is 12.8 Å². The molecule has 0 spiro atoms. The predicted molar refractivity (Wildman–Crippen MR) is 62.0 cm³/mol. The fourth-order valence-electron chi connectivity index (χ4n) is 2.37. The van der Waals surface area contributed by atoms with Gasteiger partial charge in [0.2, 0.25) is 5.91 Å². The summed E-state index contributed by atoms with van der Waals surface area (Å²) in [5.41, 5.74) is 0. The van der Waals surface area contributed by atoms with Crippen molar-refractivity contribution in [2.75, 3.05) is 19.8 Å². The molecule has 4 nitrogen and oxygen atoms in total. The quantitative estimate of drug-likeness (QED) is 0.638. The van der Waals surface area contributed by atoms with E-state index in [4.69, 9.17) is 10.2 Å². The summed E-state index contributed by atoms with van der Waals surface area (Å²) in [4.78, 5) is 13.8. The van der Waals surface area contributed by atoms with E-state index in [0.29, 0.717) is 25.4 Å². The van der Waals surface area contributed by atoms with Crippen molar-refractivity contribution in [3.63, 3.8) is 0 Å². The molecular weight excluding hydrogens is 206 g/mol. The molecule has 0 bridgehead atoms. The van der Waals surface area contributed by atoms with E-state index in [1.54, 1.807) is 0 Å². The Balaban J connectivity index is 2.38. The molecule has 1 fully saturated rings. The highest BCUT2D eigenvalue weighted by Crippen LogP contribution is 2.24. The first-order valence-electron chi connectivity index (χ1n) is 6.30. The molecular formula is C12H23NO3. The molecule has 0 heterocycles. The second-order valence-electron chi connectivity index (χ2n) is 4.43. The molecule has 1 aliphatic carbocycles. The number of hydrogen-bond acceptors (Lipinski definition) is 3. The van der Waals surface area contributed by atoms with Crippen molar-refractivity contribution in [2.24, 2.45) is 0 Å². The molecule has 0 saturated heterocycles. The molecule has 0 atom stereocenters. The van der Waals surface area contributed by atoms with Crippen LogP contribution in [0.25, 0.3) is 0 Å².